The topological polar surface area (TPSA) is 92.8 Å². The predicted molar refractivity (Wildman–Crippen MR) is 122 cm³/mol. The van der Waals surface area contributed by atoms with Crippen LogP contribution in [0, 0.1) is 12.7 Å². The Morgan fingerprint density at radius 3 is 2.25 bits per heavy atom. The third-order valence-corrected chi connectivity index (χ3v) is 8.19. The Morgan fingerprint density at radius 1 is 0.969 bits per heavy atom. The first-order valence-corrected chi connectivity index (χ1v) is 12.6. The molecule has 10 heteroatoms. The van der Waals surface area contributed by atoms with Gasteiger partial charge in [-0.3, -0.25) is 9.03 Å². The number of hydrogen-bond acceptors (Lipinski definition) is 5. The van der Waals surface area contributed by atoms with Crippen LogP contribution in [0.15, 0.2) is 76.5 Å². The smallest absolute Gasteiger partial charge is 0.264 e. The lowest BCUT2D eigenvalue weighted by atomic mass is 10.2. The Labute approximate surface area is 187 Å². The molecule has 0 fully saturated rings. The quantitative estimate of drug-likeness (QED) is 0.525. The van der Waals surface area contributed by atoms with Gasteiger partial charge < -0.3 is 4.74 Å². The van der Waals surface area contributed by atoms with Crippen molar-refractivity contribution in [2.75, 3.05) is 22.7 Å². The highest BCUT2D eigenvalue weighted by molar-refractivity contribution is 7.93. The van der Waals surface area contributed by atoms with Crippen molar-refractivity contribution in [3.63, 3.8) is 0 Å². The van der Waals surface area contributed by atoms with E-state index in [-0.39, 0.29) is 33.3 Å². The van der Waals surface area contributed by atoms with E-state index < -0.39 is 25.9 Å². The summed E-state index contributed by atoms with van der Waals surface area (Å²) in [6.07, 6.45) is 0. The Hall–Kier alpha value is -3.11. The minimum absolute atomic E-state index is 0.0542. The lowest BCUT2D eigenvalue weighted by Crippen LogP contribution is -2.30. The highest BCUT2D eigenvalue weighted by Gasteiger charge is 2.26. The first kappa shape index (κ1) is 23.6. The summed E-state index contributed by atoms with van der Waals surface area (Å²) >= 11 is 0. The zero-order valence-corrected chi connectivity index (χ0v) is 19.4. The molecular weight excluding hydrogens is 455 g/mol. The number of ether oxygens (including phenoxy) is 1. The Kier molecular flexibility index (Phi) is 6.75. The van der Waals surface area contributed by atoms with Gasteiger partial charge in [-0.15, -0.1) is 0 Å². The number of sulfonamides is 2. The number of benzene rings is 3. The highest BCUT2D eigenvalue weighted by Crippen LogP contribution is 2.32. The molecule has 3 rings (SSSR count). The van der Waals surface area contributed by atoms with E-state index in [9.17, 15) is 21.2 Å². The average Bonchev–Trinajstić information content (AvgIpc) is 2.74. The molecule has 0 aromatic heterocycles. The van der Waals surface area contributed by atoms with Crippen molar-refractivity contribution in [1.82, 2.24) is 0 Å². The van der Waals surface area contributed by atoms with Gasteiger partial charge in [-0.2, -0.15) is 0 Å². The summed E-state index contributed by atoms with van der Waals surface area (Å²) in [5, 5.41) is 0. The monoisotopic (exact) mass is 478 g/mol. The number of rotatable bonds is 8. The Balaban J connectivity index is 2.05. The van der Waals surface area contributed by atoms with Crippen molar-refractivity contribution in [3.05, 3.63) is 78.1 Å². The molecular formula is C22H23FN2O5S2. The number of hydrogen-bond donors (Lipinski definition) is 1. The SMILES string of the molecule is CCN(c1ccccc1)S(=O)(=O)c1ccc(OC)c(NS(=O)(=O)c2ccc(F)cc2C)c1. The van der Waals surface area contributed by atoms with Crippen molar-refractivity contribution >= 4 is 31.4 Å². The summed E-state index contributed by atoms with van der Waals surface area (Å²) in [5.41, 5.74) is 0.637. The van der Waals surface area contributed by atoms with E-state index in [0.29, 0.717) is 5.69 Å². The number of para-hydroxylation sites is 1. The molecule has 0 aliphatic carbocycles. The van der Waals surface area contributed by atoms with Crippen molar-refractivity contribution in [1.29, 1.82) is 0 Å². The van der Waals surface area contributed by atoms with Gasteiger partial charge in [0.15, 0.2) is 0 Å². The van der Waals surface area contributed by atoms with Crippen LogP contribution in [0.25, 0.3) is 0 Å². The molecule has 1 N–H and O–H groups in total. The van der Waals surface area contributed by atoms with Crippen LogP contribution in [0.2, 0.25) is 0 Å². The van der Waals surface area contributed by atoms with Crippen LogP contribution in [0.3, 0.4) is 0 Å². The van der Waals surface area contributed by atoms with Crippen molar-refractivity contribution in [3.8, 4) is 5.75 Å². The second kappa shape index (κ2) is 9.17. The van der Waals surface area contributed by atoms with E-state index >= 15 is 0 Å². The largest absolute Gasteiger partial charge is 0.495 e. The molecule has 3 aromatic rings. The van der Waals surface area contributed by atoms with E-state index in [1.165, 1.54) is 36.5 Å². The molecule has 0 bridgehead atoms. The summed E-state index contributed by atoms with van der Waals surface area (Å²) in [4.78, 5) is -0.244. The summed E-state index contributed by atoms with van der Waals surface area (Å²) < 4.78 is 74.7. The highest BCUT2D eigenvalue weighted by atomic mass is 32.2. The maximum absolute atomic E-state index is 13.4. The van der Waals surface area contributed by atoms with Crippen LogP contribution in [-0.4, -0.2) is 30.5 Å². The normalized spacial score (nSPS) is 11.8. The minimum atomic E-state index is -4.14. The zero-order valence-electron chi connectivity index (χ0n) is 17.7. The number of aryl methyl sites for hydroxylation is 1. The number of halogens is 1. The number of nitrogens with zero attached hydrogens (tertiary/aromatic N) is 1. The van der Waals surface area contributed by atoms with Gasteiger partial charge in [0.2, 0.25) is 0 Å². The fourth-order valence-electron chi connectivity index (χ4n) is 3.25. The molecule has 0 aliphatic rings. The molecule has 0 spiro atoms. The standard InChI is InChI=1S/C22H23FN2O5S2/c1-4-25(18-8-6-5-7-9-18)32(28,29)19-11-12-21(30-3)20(15-19)24-31(26,27)22-13-10-17(23)14-16(22)2/h5-15,24H,4H2,1-3H3. The van der Waals surface area contributed by atoms with Gasteiger partial charge in [-0.05, 0) is 67.9 Å². The lowest BCUT2D eigenvalue weighted by molar-refractivity contribution is 0.416. The Bertz CT molecular complexity index is 1330. The molecule has 0 aliphatic heterocycles. The van der Waals surface area contributed by atoms with Crippen molar-refractivity contribution in [2.24, 2.45) is 0 Å². The molecule has 0 heterocycles. The van der Waals surface area contributed by atoms with Crippen LogP contribution < -0.4 is 13.8 Å². The third-order valence-electron chi connectivity index (χ3n) is 4.76. The number of anilines is 2. The van der Waals surface area contributed by atoms with Gasteiger partial charge in [0, 0.05) is 6.54 Å². The molecule has 0 amide bonds. The summed E-state index contributed by atoms with van der Waals surface area (Å²) in [6.45, 7) is 3.35. The van der Waals surface area contributed by atoms with E-state index in [1.54, 1.807) is 37.3 Å². The van der Waals surface area contributed by atoms with Crippen molar-refractivity contribution < 1.29 is 26.0 Å². The number of methoxy groups -OCH3 is 1. The van der Waals surface area contributed by atoms with Crippen LogP contribution in [0.5, 0.6) is 5.75 Å². The maximum Gasteiger partial charge on any atom is 0.264 e. The van der Waals surface area contributed by atoms with Crippen LogP contribution in [-0.2, 0) is 20.0 Å². The predicted octanol–water partition coefficient (Wildman–Crippen LogP) is 4.16. The summed E-state index contributed by atoms with van der Waals surface area (Å²) in [5.74, 6) is -0.428. The van der Waals surface area contributed by atoms with E-state index in [2.05, 4.69) is 4.72 Å². The van der Waals surface area contributed by atoms with Gasteiger partial charge in [-0.25, -0.2) is 21.2 Å². The van der Waals surface area contributed by atoms with Crippen molar-refractivity contribution in [2.45, 2.75) is 23.6 Å². The van der Waals surface area contributed by atoms with Crippen LogP contribution >= 0.6 is 0 Å². The van der Waals surface area contributed by atoms with Crippen LogP contribution in [0.1, 0.15) is 12.5 Å². The maximum atomic E-state index is 13.4. The molecule has 32 heavy (non-hydrogen) atoms. The molecule has 0 saturated carbocycles. The van der Waals surface area contributed by atoms with E-state index in [0.717, 1.165) is 18.2 Å². The first-order chi connectivity index (χ1) is 15.1. The first-order valence-electron chi connectivity index (χ1n) is 9.65. The molecule has 0 saturated heterocycles. The summed E-state index contributed by atoms with van der Waals surface area (Å²) in [7, 11) is -6.79. The fraction of sp³-hybridized carbons (Fsp3) is 0.182. The van der Waals surface area contributed by atoms with E-state index in [4.69, 9.17) is 4.74 Å². The molecule has 0 radical (unpaired) electrons. The van der Waals surface area contributed by atoms with Gasteiger partial charge in [0.05, 0.1) is 28.3 Å². The lowest BCUT2D eigenvalue weighted by Gasteiger charge is -2.23. The zero-order chi connectivity index (χ0) is 23.5. The molecule has 170 valence electrons. The van der Waals surface area contributed by atoms with Gasteiger partial charge in [-0.1, -0.05) is 18.2 Å². The Morgan fingerprint density at radius 2 is 1.66 bits per heavy atom. The average molecular weight is 479 g/mol. The fourth-order valence-corrected chi connectivity index (χ4v) is 6.04. The second-order valence-electron chi connectivity index (χ2n) is 6.88. The van der Waals surface area contributed by atoms with E-state index in [1.807, 2.05) is 0 Å². The van der Waals surface area contributed by atoms with Gasteiger partial charge in [0.1, 0.15) is 11.6 Å². The third kappa shape index (κ3) is 4.71. The van der Waals surface area contributed by atoms with Crippen LogP contribution in [0.4, 0.5) is 15.8 Å². The van der Waals surface area contributed by atoms with Gasteiger partial charge >= 0.3 is 0 Å². The van der Waals surface area contributed by atoms with Gasteiger partial charge in [0.25, 0.3) is 20.0 Å². The molecule has 7 nitrogen and oxygen atoms in total. The summed E-state index contributed by atoms with van der Waals surface area (Å²) in [6, 6.07) is 15.8. The molecule has 0 atom stereocenters. The molecule has 3 aromatic carbocycles. The second-order valence-corrected chi connectivity index (χ2v) is 10.4. The minimum Gasteiger partial charge on any atom is -0.495 e. The number of nitrogens with one attached hydrogen (secondary N) is 1. The molecule has 0 unspecified atom stereocenters.